The maximum Gasteiger partial charge on any atom is 0.0611 e. The molecule has 1 aromatic carbocycles. The van der Waals surface area contributed by atoms with E-state index < -0.39 is 0 Å². The van der Waals surface area contributed by atoms with Gasteiger partial charge in [0, 0.05) is 12.1 Å². The smallest absolute Gasteiger partial charge is 0.0611 e. The molecule has 118 valence electrons. The molecular formula is C18H30N2O. The molecular weight excluding hydrogens is 260 g/mol. The highest BCUT2D eigenvalue weighted by atomic mass is 16.3. The molecule has 1 aliphatic heterocycles. The zero-order valence-corrected chi connectivity index (χ0v) is 13.5. The van der Waals surface area contributed by atoms with Crippen molar-refractivity contribution in [1.29, 1.82) is 0 Å². The number of benzene rings is 1. The minimum absolute atomic E-state index is 0.138. The van der Waals surface area contributed by atoms with Gasteiger partial charge in [0.2, 0.25) is 0 Å². The Morgan fingerprint density at radius 3 is 2.76 bits per heavy atom. The summed E-state index contributed by atoms with van der Waals surface area (Å²) >= 11 is 0. The Hall–Kier alpha value is -0.900. The number of likely N-dealkylation sites (tertiary alicyclic amines) is 1. The van der Waals surface area contributed by atoms with Gasteiger partial charge >= 0.3 is 0 Å². The molecule has 1 aromatic rings. The molecule has 1 saturated heterocycles. The molecule has 0 spiro atoms. The largest absolute Gasteiger partial charge is 0.394 e. The summed E-state index contributed by atoms with van der Waals surface area (Å²) in [6.07, 6.45) is 3.36. The van der Waals surface area contributed by atoms with Gasteiger partial charge in [0.15, 0.2) is 0 Å². The van der Waals surface area contributed by atoms with Crippen LogP contribution >= 0.6 is 0 Å². The van der Waals surface area contributed by atoms with E-state index in [4.69, 9.17) is 0 Å². The summed E-state index contributed by atoms with van der Waals surface area (Å²) in [6.45, 7) is 8.88. The van der Waals surface area contributed by atoms with Gasteiger partial charge in [-0.05, 0) is 57.3 Å². The van der Waals surface area contributed by atoms with Crippen LogP contribution in [0.15, 0.2) is 30.3 Å². The number of nitrogens with one attached hydrogen (secondary N) is 1. The minimum atomic E-state index is -0.138. The Morgan fingerprint density at radius 1 is 1.33 bits per heavy atom. The van der Waals surface area contributed by atoms with Crippen molar-refractivity contribution in [2.75, 3.05) is 32.8 Å². The number of nitrogens with zero attached hydrogens (tertiary/aromatic N) is 1. The second kappa shape index (κ2) is 7.92. The molecule has 2 rings (SSSR count). The van der Waals surface area contributed by atoms with E-state index in [2.05, 4.69) is 54.4 Å². The molecule has 2 N–H and O–H groups in total. The predicted octanol–water partition coefficient (Wildman–Crippen LogP) is 2.62. The molecule has 0 radical (unpaired) electrons. The van der Waals surface area contributed by atoms with Gasteiger partial charge in [-0.25, -0.2) is 0 Å². The van der Waals surface area contributed by atoms with Crippen molar-refractivity contribution in [3.63, 3.8) is 0 Å². The molecule has 3 heteroatoms. The van der Waals surface area contributed by atoms with Crippen LogP contribution in [0.5, 0.6) is 0 Å². The lowest BCUT2D eigenvalue weighted by molar-refractivity contribution is 0.151. The molecule has 1 fully saturated rings. The summed E-state index contributed by atoms with van der Waals surface area (Å²) in [5.74, 6) is 0.676. The molecule has 0 aliphatic carbocycles. The lowest BCUT2D eigenvalue weighted by Crippen LogP contribution is -2.48. The minimum Gasteiger partial charge on any atom is -0.394 e. The molecule has 3 nitrogen and oxygen atoms in total. The number of aliphatic hydroxyl groups excluding tert-OH is 1. The van der Waals surface area contributed by atoms with E-state index >= 15 is 0 Å². The standard InChI is InChI=1S/C18H30N2O/c1-3-11-19-18(2,15-21)10-13-20-12-9-17(14-20)16-7-5-4-6-8-16/h4-8,17,19,21H,3,9-15H2,1-2H3. The van der Waals surface area contributed by atoms with Gasteiger partial charge in [0.05, 0.1) is 6.61 Å². The fraction of sp³-hybridized carbons (Fsp3) is 0.667. The van der Waals surface area contributed by atoms with Crippen LogP contribution in [0.3, 0.4) is 0 Å². The number of aliphatic hydroxyl groups is 1. The summed E-state index contributed by atoms with van der Waals surface area (Å²) in [6, 6.07) is 10.8. The average Bonchev–Trinajstić information content (AvgIpc) is 3.01. The van der Waals surface area contributed by atoms with Crippen molar-refractivity contribution in [1.82, 2.24) is 10.2 Å². The summed E-state index contributed by atoms with van der Waals surface area (Å²) < 4.78 is 0. The van der Waals surface area contributed by atoms with Crippen molar-refractivity contribution < 1.29 is 5.11 Å². The predicted molar refractivity (Wildman–Crippen MR) is 88.6 cm³/mol. The maximum absolute atomic E-state index is 9.63. The van der Waals surface area contributed by atoms with Gasteiger partial charge in [0.25, 0.3) is 0 Å². The van der Waals surface area contributed by atoms with Gasteiger partial charge in [-0.2, -0.15) is 0 Å². The van der Waals surface area contributed by atoms with E-state index in [1.807, 2.05) is 0 Å². The highest BCUT2D eigenvalue weighted by Gasteiger charge is 2.27. The Labute approximate surface area is 129 Å². The molecule has 0 aromatic heterocycles. The average molecular weight is 290 g/mol. The zero-order valence-electron chi connectivity index (χ0n) is 13.5. The first kappa shape index (κ1) is 16.5. The van der Waals surface area contributed by atoms with Gasteiger partial charge in [-0.1, -0.05) is 37.3 Å². The van der Waals surface area contributed by atoms with Crippen LogP contribution in [-0.2, 0) is 0 Å². The number of hydrogen-bond acceptors (Lipinski definition) is 3. The van der Waals surface area contributed by atoms with Crippen molar-refractivity contribution in [2.45, 2.75) is 44.6 Å². The third-order valence-electron chi connectivity index (χ3n) is 4.67. The molecule has 2 unspecified atom stereocenters. The van der Waals surface area contributed by atoms with Gasteiger partial charge in [-0.3, -0.25) is 0 Å². The van der Waals surface area contributed by atoms with Crippen molar-refractivity contribution in [2.24, 2.45) is 0 Å². The van der Waals surface area contributed by atoms with Crippen molar-refractivity contribution in [3.05, 3.63) is 35.9 Å². The SMILES string of the molecule is CCCNC(C)(CO)CCN1CCC(c2ccccc2)C1. The molecule has 1 aliphatic rings. The first-order valence-electron chi connectivity index (χ1n) is 8.30. The summed E-state index contributed by atoms with van der Waals surface area (Å²) in [5, 5.41) is 13.1. The fourth-order valence-electron chi connectivity index (χ4n) is 3.09. The van der Waals surface area contributed by atoms with Crippen molar-refractivity contribution >= 4 is 0 Å². The highest BCUT2D eigenvalue weighted by molar-refractivity contribution is 5.21. The summed E-state index contributed by atoms with van der Waals surface area (Å²) in [5.41, 5.74) is 1.33. The van der Waals surface area contributed by atoms with Crippen LogP contribution in [0, 0.1) is 0 Å². The van der Waals surface area contributed by atoms with Crippen LogP contribution < -0.4 is 5.32 Å². The van der Waals surface area contributed by atoms with Gasteiger partial charge in [-0.15, -0.1) is 0 Å². The third kappa shape index (κ3) is 4.80. The molecule has 2 atom stereocenters. The Balaban J connectivity index is 1.80. The molecule has 21 heavy (non-hydrogen) atoms. The van der Waals surface area contributed by atoms with Crippen LogP contribution in [0.2, 0.25) is 0 Å². The van der Waals surface area contributed by atoms with E-state index in [0.717, 1.165) is 32.5 Å². The van der Waals surface area contributed by atoms with Crippen LogP contribution in [-0.4, -0.2) is 48.3 Å². The lowest BCUT2D eigenvalue weighted by atomic mass is 9.98. The van der Waals surface area contributed by atoms with E-state index in [9.17, 15) is 5.11 Å². The lowest BCUT2D eigenvalue weighted by Gasteiger charge is -2.31. The third-order valence-corrected chi connectivity index (χ3v) is 4.67. The number of hydrogen-bond donors (Lipinski definition) is 2. The van der Waals surface area contributed by atoms with Gasteiger partial charge < -0.3 is 15.3 Å². The van der Waals surface area contributed by atoms with Crippen LogP contribution in [0.4, 0.5) is 0 Å². The second-order valence-electron chi connectivity index (χ2n) is 6.59. The highest BCUT2D eigenvalue weighted by Crippen LogP contribution is 2.27. The van der Waals surface area contributed by atoms with E-state index in [-0.39, 0.29) is 12.1 Å². The maximum atomic E-state index is 9.63. The molecule has 0 bridgehead atoms. The van der Waals surface area contributed by atoms with E-state index in [1.165, 1.54) is 18.5 Å². The van der Waals surface area contributed by atoms with Crippen molar-refractivity contribution in [3.8, 4) is 0 Å². The molecule has 0 saturated carbocycles. The monoisotopic (exact) mass is 290 g/mol. The quantitative estimate of drug-likeness (QED) is 0.772. The Morgan fingerprint density at radius 2 is 2.10 bits per heavy atom. The summed E-state index contributed by atoms with van der Waals surface area (Å²) in [4.78, 5) is 2.54. The first-order chi connectivity index (χ1) is 10.2. The van der Waals surface area contributed by atoms with E-state index in [0.29, 0.717) is 5.92 Å². The van der Waals surface area contributed by atoms with E-state index in [1.54, 1.807) is 0 Å². The normalized spacial score (nSPS) is 22.3. The van der Waals surface area contributed by atoms with Gasteiger partial charge in [0.1, 0.15) is 0 Å². The summed E-state index contributed by atoms with van der Waals surface area (Å²) in [7, 11) is 0. The topological polar surface area (TPSA) is 35.5 Å². The first-order valence-corrected chi connectivity index (χ1v) is 8.30. The molecule has 1 heterocycles. The zero-order chi connectivity index (χ0) is 15.1. The second-order valence-corrected chi connectivity index (χ2v) is 6.59. The number of rotatable bonds is 8. The van der Waals surface area contributed by atoms with Crippen LogP contribution in [0.1, 0.15) is 44.6 Å². The Bertz CT molecular complexity index is 409. The molecule has 0 amide bonds. The Kier molecular flexibility index (Phi) is 6.22. The van der Waals surface area contributed by atoms with Crippen LogP contribution in [0.25, 0.3) is 0 Å². The fourth-order valence-corrected chi connectivity index (χ4v) is 3.09.